The zero-order valence-electron chi connectivity index (χ0n) is 12.9. The quantitative estimate of drug-likeness (QED) is 0.871. The molecule has 0 bridgehead atoms. The highest BCUT2D eigenvalue weighted by Crippen LogP contribution is 2.26. The Morgan fingerprint density at radius 2 is 1.45 bits per heavy atom. The van der Waals surface area contributed by atoms with Crippen LogP contribution in [0.3, 0.4) is 0 Å². The molecule has 0 saturated carbocycles. The first-order chi connectivity index (χ1) is 9.21. The summed E-state index contributed by atoms with van der Waals surface area (Å²) in [5, 5.41) is 0. The minimum atomic E-state index is -3.65. The van der Waals surface area contributed by atoms with Gasteiger partial charge >= 0.3 is 0 Å². The van der Waals surface area contributed by atoms with Crippen LogP contribution >= 0.6 is 0 Å². The summed E-state index contributed by atoms with van der Waals surface area (Å²) >= 11 is 0. The van der Waals surface area contributed by atoms with Crippen molar-refractivity contribution in [2.45, 2.75) is 64.3 Å². The van der Waals surface area contributed by atoms with Crippen molar-refractivity contribution in [1.82, 2.24) is 4.72 Å². The largest absolute Gasteiger partial charge is 0.241 e. The van der Waals surface area contributed by atoms with E-state index >= 15 is 0 Å². The molecule has 0 amide bonds. The Morgan fingerprint density at radius 3 is 1.80 bits per heavy atom. The monoisotopic (exact) mass is 301 g/mol. The summed E-state index contributed by atoms with van der Waals surface area (Å²) in [5.74, 6) is -0.410. The highest BCUT2D eigenvalue weighted by atomic mass is 32.2. The second-order valence-electron chi connectivity index (χ2n) is 5.32. The van der Waals surface area contributed by atoms with E-state index in [2.05, 4.69) is 4.72 Å². The Balaban J connectivity index is 3.32. The van der Waals surface area contributed by atoms with Gasteiger partial charge in [-0.25, -0.2) is 17.5 Å². The van der Waals surface area contributed by atoms with Gasteiger partial charge in [-0.05, 0) is 56.4 Å². The van der Waals surface area contributed by atoms with Gasteiger partial charge in [-0.3, -0.25) is 0 Å². The maximum Gasteiger partial charge on any atom is 0.241 e. The van der Waals surface area contributed by atoms with Crippen LogP contribution in [0.5, 0.6) is 0 Å². The maximum absolute atomic E-state index is 13.3. The van der Waals surface area contributed by atoms with Crippen molar-refractivity contribution in [2.24, 2.45) is 0 Å². The summed E-state index contributed by atoms with van der Waals surface area (Å²) in [7, 11) is -3.65. The molecule has 0 radical (unpaired) electrons. The van der Waals surface area contributed by atoms with Gasteiger partial charge in [-0.2, -0.15) is 0 Å². The molecule has 20 heavy (non-hydrogen) atoms. The van der Waals surface area contributed by atoms with Crippen molar-refractivity contribution >= 4 is 10.0 Å². The van der Waals surface area contributed by atoms with Crippen molar-refractivity contribution in [3.63, 3.8) is 0 Å². The molecule has 1 aromatic carbocycles. The van der Waals surface area contributed by atoms with Crippen molar-refractivity contribution in [3.8, 4) is 0 Å². The molecule has 0 aliphatic rings. The third-order valence-corrected chi connectivity index (χ3v) is 5.96. The lowest BCUT2D eigenvalue weighted by atomic mass is 9.91. The number of halogens is 1. The minimum absolute atomic E-state index is 0.193. The molecule has 0 fully saturated rings. The summed E-state index contributed by atoms with van der Waals surface area (Å²) in [6.45, 7) is 9.16. The van der Waals surface area contributed by atoms with Gasteiger partial charge in [0.2, 0.25) is 10.0 Å². The third-order valence-electron chi connectivity index (χ3n) is 4.08. The number of hydrogen-bond acceptors (Lipinski definition) is 2. The van der Waals surface area contributed by atoms with Crippen LogP contribution in [0.2, 0.25) is 0 Å². The van der Waals surface area contributed by atoms with Gasteiger partial charge in [0.1, 0.15) is 5.82 Å². The number of benzene rings is 1. The number of hydrogen-bond donors (Lipinski definition) is 1. The second-order valence-corrected chi connectivity index (χ2v) is 6.93. The Kier molecular flexibility index (Phi) is 5.33. The molecule has 1 rings (SSSR count). The van der Waals surface area contributed by atoms with Crippen LogP contribution in [0.15, 0.2) is 17.0 Å². The summed E-state index contributed by atoms with van der Waals surface area (Å²) in [5.41, 5.74) is 0.436. The van der Waals surface area contributed by atoms with Crippen LogP contribution in [0.4, 0.5) is 4.39 Å². The fourth-order valence-electron chi connectivity index (χ4n) is 2.62. The number of aryl methyl sites for hydroxylation is 2. The van der Waals surface area contributed by atoms with Crippen molar-refractivity contribution in [1.29, 1.82) is 0 Å². The molecule has 3 nitrogen and oxygen atoms in total. The normalized spacial score (nSPS) is 12.7. The predicted octanol–water partition coefficient (Wildman–Crippen LogP) is 3.69. The van der Waals surface area contributed by atoms with Gasteiger partial charge in [0.25, 0.3) is 0 Å². The molecule has 0 saturated heterocycles. The lowest BCUT2D eigenvalue weighted by molar-refractivity contribution is 0.341. The number of sulfonamides is 1. The highest BCUT2D eigenvalue weighted by Gasteiger charge is 2.32. The van der Waals surface area contributed by atoms with E-state index in [1.54, 1.807) is 13.8 Å². The van der Waals surface area contributed by atoms with E-state index in [1.165, 1.54) is 12.1 Å². The molecule has 0 spiro atoms. The second kappa shape index (κ2) is 6.22. The first-order valence-electron chi connectivity index (χ1n) is 7.02. The fourth-order valence-corrected chi connectivity index (χ4v) is 4.69. The van der Waals surface area contributed by atoms with E-state index in [0.29, 0.717) is 11.1 Å². The molecular formula is C15H24FNO2S. The molecule has 0 aromatic heterocycles. The van der Waals surface area contributed by atoms with Crippen molar-refractivity contribution in [2.75, 3.05) is 0 Å². The van der Waals surface area contributed by atoms with E-state index in [-0.39, 0.29) is 4.90 Å². The molecule has 0 aliphatic carbocycles. The Hall–Kier alpha value is -0.940. The van der Waals surface area contributed by atoms with E-state index < -0.39 is 21.4 Å². The molecule has 0 aliphatic heterocycles. The van der Waals surface area contributed by atoms with E-state index in [1.807, 2.05) is 20.8 Å². The number of rotatable bonds is 6. The molecule has 1 N–H and O–H groups in total. The number of nitrogens with one attached hydrogen (secondary N) is 1. The highest BCUT2D eigenvalue weighted by molar-refractivity contribution is 7.89. The van der Waals surface area contributed by atoms with Crippen LogP contribution in [0.1, 0.15) is 51.2 Å². The summed E-state index contributed by atoms with van der Waals surface area (Å²) < 4.78 is 41.4. The van der Waals surface area contributed by atoms with Crippen LogP contribution in [-0.4, -0.2) is 14.0 Å². The third kappa shape index (κ3) is 3.38. The van der Waals surface area contributed by atoms with Crippen LogP contribution in [0, 0.1) is 19.7 Å². The fraction of sp³-hybridized carbons (Fsp3) is 0.600. The van der Waals surface area contributed by atoms with Crippen LogP contribution < -0.4 is 4.72 Å². The zero-order chi connectivity index (χ0) is 15.6. The summed E-state index contributed by atoms with van der Waals surface area (Å²) in [4.78, 5) is 0.193. The van der Waals surface area contributed by atoms with Gasteiger partial charge in [0.15, 0.2) is 0 Å². The van der Waals surface area contributed by atoms with Crippen LogP contribution in [-0.2, 0) is 10.0 Å². The average molecular weight is 301 g/mol. The summed E-state index contributed by atoms with van der Waals surface area (Å²) in [6.07, 6.45) is 2.16. The molecule has 114 valence electrons. The van der Waals surface area contributed by atoms with Gasteiger partial charge in [0.05, 0.1) is 4.90 Å². The molecule has 0 unspecified atom stereocenters. The first-order valence-corrected chi connectivity index (χ1v) is 8.50. The average Bonchev–Trinajstić information content (AvgIpc) is 2.34. The van der Waals surface area contributed by atoms with Gasteiger partial charge in [-0.15, -0.1) is 0 Å². The molecule has 5 heteroatoms. The van der Waals surface area contributed by atoms with Crippen LogP contribution in [0.25, 0.3) is 0 Å². The Morgan fingerprint density at radius 1 is 1.05 bits per heavy atom. The van der Waals surface area contributed by atoms with Gasteiger partial charge in [0, 0.05) is 5.54 Å². The predicted molar refractivity (Wildman–Crippen MR) is 79.8 cm³/mol. The molecule has 0 heterocycles. The molecule has 1 aromatic rings. The molecule has 0 atom stereocenters. The van der Waals surface area contributed by atoms with E-state index in [9.17, 15) is 12.8 Å². The SMILES string of the molecule is CCC(CC)(CC)NS(=O)(=O)c1c(C)cc(F)cc1C. The van der Waals surface area contributed by atoms with Crippen molar-refractivity contribution < 1.29 is 12.8 Å². The topological polar surface area (TPSA) is 46.2 Å². The smallest absolute Gasteiger partial charge is 0.207 e. The lowest BCUT2D eigenvalue weighted by Gasteiger charge is -2.31. The maximum atomic E-state index is 13.3. The Labute approximate surface area is 121 Å². The lowest BCUT2D eigenvalue weighted by Crippen LogP contribution is -2.47. The zero-order valence-corrected chi connectivity index (χ0v) is 13.7. The van der Waals surface area contributed by atoms with Gasteiger partial charge in [-0.1, -0.05) is 20.8 Å². The first kappa shape index (κ1) is 17.1. The standard InChI is InChI=1S/C15H24FNO2S/c1-6-15(7-2,8-3)17-20(18,19)14-11(4)9-13(16)10-12(14)5/h9-10,17H,6-8H2,1-5H3. The minimum Gasteiger partial charge on any atom is -0.207 e. The van der Waals surface area contributed by atoms with Gasteiger partial charge < -0.3 is 0 Å². The molecular weight excluding hydrogens is 277 g/mol. The van der Waals surface area contributed by atoms with Crippen molar-refractivity contribution in [3.05, 3.63) is 29.1 Å². The summed E-state index contributed by atoms with van der Waals surface area (Å²) in [6, 6.07) is 2.51. The van der Waals surface area contributed by atoms with E-state index in [0.717, 1.165) is 19.3 Å². The Bertz CT molecular complexity index is 546. The van der Waals surface area contributed by atoms with E-state index in [4.69, 9.17) is 0 Å².